The number of aromatic nitrogens is 2. The van der Waals surface area contributed by atoms with Gasteiger partial charge in [-0.3, -0.25) is 4.79 Å². The molecule has 0 atom stereocenters. The van der Waals surface area contributed by atoms with E-state index in [1.54, 1.807) is 0 Å². The molecule has 90 valence electrons. The van der Waals surface area contributed by atoms with Crippen molar-refractivity contribution in [1.29, 1.82) is 0 Å². The van der Waals surface area contributed by atoms with Crippen LogP contribution in [0.1, 0.15) is 12.7 Å². The molecule has 1 saturated heterocycles. The van der Waals surface area contributed by atoms with Crippen LogP contribution in [-0.2, 0) is 11.3 Å². The summed E-state index contributed by atoms with van der Waals surface area (Å²) in [6, 6.07) is 1.85. The van der Waals surface area contributed by atoms with Gasteiger partial charge in [-0.05, 0) is 18.4 Å². The predicted octanol–water partition coefficient (Wildman–Crippen LogP) is 0.863. The van der Waals surface area contributed by atoms with Gasteiger partial charge in [-0.2, -0.15) is 0 Å². The minimum absolute atomic E-state index is 0.0829. The monoisotopic (exact) mass is 251 g/mol. The Morgan fingerprint density at radius 1 is 1.59 bits per heavy atom. The Balaban J connectivity index is 1.83. The van der Waals surface area contributed by atoms with Gasteiger partial charge in [0, 0.05) is 13.1 Å². The van der Waals surface area contributed by atoms with Crippen molar-refractivity contribution in [2.75, 3.05) is 13.1 Å². The van der Waals surface area contributed by atoms with Crippen LogP contribution in [0.15, 0.2) is 16.2 Å². The second-order valence-corrected chi connectivity index (χ2v) is 5.41. The molecule has 2 aromatic rings. The van der Waals surface area contributed by atoms with E-state index in [9.17, 15) is 4.79 Å². The maximum atomic E-state index is 11.7. The van der Waals surface area contributed by atoms with E-state index in [1.165, 1.54) is 11.3 Å². The quantitative estimate of drug-likeness (QED) is 0.849. The Kier molecular flexibility index (Phi) is 2.50. The third kappa shape index (κ3) is 1.99. The first kappa shape index (κ1) is 10.9. The fraction of sp³-hybridized carbons (Fsp3) is 0.455. The molecule has 0 spiro atoms. The van der Waals surface area contributed by atoms with Gasteiger partial charge >= 0.3 is 0 Å². The summed E-state index contributed by atoms with van der Waals surface area (Å²) >= 11 is 1.40. The molecular formula is C11H13N3O2S. The highest BCUT2D eigenvalue weighted by atomic mass is 32.1. The highest BCUT2D eigenvalue weighted by Gasteiger charge is 2.32. The molecule has 0 amide bonds. The van der Waals surface area contributed by atoms with Crippen LogP contribution in [-0.4, -0.2) is 28.7 Å². The number of fused-ring (bicyclic) bond motifs is 1. The second-order valence-electron chi connectivity index (χ2n) is 4.49. The average Bonchev–Trinajstić information content (AvgIpc) is 2.72. The molecule has 2 N–H and O–H groups in total. The molecule has 5 nitrogen and oxygen atoms in total. The van der Waals surface area contributed by atoms with Crippen molar-refractivity contribution in [3.8, 4) is 0 Å². The van der Waals surface area contributed by atoms with Gasteiger partial charge in [0.25, 0.3) is 5.56 Å². The number of hydrogen-bond acceptors (Lipinski definition) is 5. The van der Waals surface area contributed by atoms with Gasteiger partial charge in [0.05, 0.1) is 11.1 Å². The summed E-state index contributed by atoms with van der Waals surface area (Å²) in [5, 5.41) is 5.03. The smallest absolute Gasteiger partial charge is 0.268 e. The maximum absolute atomic E-state index is 11.7. The van der Waals surface area contributed by atoms with Crippen LogP contribution in [0.4, 0.5) is 0 Å². The molecule has 3 rings (SSSR count). The SMILES string of the molecule is CC1(OCc2nc3ccsc3c(=O)[nH]2)CNC1. The van der Waals surface area contributed by atoms with Crippen molar-refractivity contribution < 1.29 is 4.74 Å². The molecule has 0 unspecified atom stereocenters. The van der Waals surface area contributed by atoms with Crippen molar-refractivity contribution in [2.24, 2.45) is 0 Å². The zero-order valence-corrected chi connectivity index (χ0v) is 10.3. The van der Waals surface area contributed by atoms with Gasteiger partial charge < -0.3 is 15.0 Å². The van der Waals surface area contributed by atoms with Crippen LogP contribution in [0.2, 0.25) is 0 Å². The summed E-state index contributed by atoms with van der Waals surface area (Å²) < 4.78 is 6.41. The molecule has 0 radical (unpaired) electrons. The van der Waals surface area contributed by atoms with E-state index in [2.05, 4.69) is 15.3 Å². The minimum atomic E-state index is -0.123. The lowest BCUT2D eigenvalue weighted by Crippen LogP contribution is -2.58. The van der Waals surface area contributed by atoms with Crippen molar-refractivity contribution in [2.45, 2.75) is 19.1 Å². The Hall–Kier alpha value is -1.24. The summed E-state index contributed by atoms with van der Waals surface area (Å²) in [4.78, 5) is 18.8. The number of rotatable bonds is 3. The summed E-state index contributed by atoms with van der Waals surface area (Å²) in [6.07, 6.45) is 0. The standard InChI is InChI=1S/C11H13N3O2S/c1-11(5-12-6-11)16-4-8-13-7-2-3-17-9(7)10(15)14-8/h2-3,12H,4-6H2,1H3,(H,13,14,15). The number of H-pyrrole nitrogens is 1. The Morgan fingerprint density at radius 2 is 2.41 bits per heavy atom. The van der Waals surface area contributed by atoms with Crippen LogP contribution >= 0.6 is 11.3 Å². The lowest BCUT2D eigenvalue weighted by molar-refractivity contribution is -0.0789. The van der Waals surface area contributed by atoms with Crippen LogP contribution < -0.4 is 10.9 Å². The molecular weight excluding hydrogens is 238 g/mol. The molecule has 3 heterocycles. The van der Waals surface area contributed by atoms with Gasteiger partial charge in [0.1, 0.15) is 17.1 Å². The van der Waals surface area contributed by atoms with Crippen molar-refractivity contribution in [3.63, 3.8) is 0 Å². The van der Waals surface area contributed by atoms with Gasteiger partial charge in [-0.1, -0.05) is 0 Å². The normalized spacial score (nSPS) is 18.2. The number of aromatic amines is 1. The summed E-state index contributed by atoms with van der Waals surface area (Å²) in [5.41, 5.74) is 0.539. The zero-order valence-electron chi connectivity index (χ0n) is 9.45. The fourth-order valence-electron chi connectivity index (χ4n) is 1.81. The molecule has 0 bridgehead atoms. The lowest BCUT2D eigenvalue weighted by atomic mass is 10.0. The Labute approximate surface area is 102 Å². The van der Waals surface area contributed by atoms with E-state index in [4.69, 9.17) is 4.74 Å². The first-order valence-corrected chi connectivity index (χ1v) is 6.35. The van der Waals surface area contributed by atoms with E-state index >= 15 is 0 Å². The first-order chi connectivity index (χ1) is 8.16. The molecule has 1 aliphatic rings. The molecule has 0 aliphatic carbocycles. The molecule has 0 saturated carbocycles. The molecule has 2 aromatic heterocycles. The largest absolute Gasteiger partial charge is 0.365 e. The molecule has 1 aliphatic heterocycles. The van der Waals surface area contributed by atoms with Crippen molar-refractivity contribution in [3.05, 3.63) is 27.6 Å². The molecule has 6 heteroatoms. The van der Waals surface area contributed by atoms with Crippen LogP contribution in [0.5, 0.6) is 0 Å². The van der Waals surface area contributed by atoms with Crippen LogP contribution in [0.3, 0.4) is 0 Å². The number of thiophene rings is 1. The molecule has 1 fully saturated rings. The third-order valence-electron chi connectivity index (χ3n) is 2.92. The van der Waals surface area contributed by atoms with E-state index in [0.29, 0.717) is 17.1 Å². The predicted molar refractivity (Wildman–Crippen MR) is 66.3 cm³/mol. The topological polar surface area (TPSA) is 67.0 Å². The molecule has 0 aromatic carbocycles. The lowest BCUT2D eigenvalue weighted by Gasteiger charge is -2.38. The first-order valence-electron chi connectivity index (χ1n) is 5.47. The fourth-order valence-corrected chi connectivity index (χ4v) is 2.54. The van der Waals surface area contributed by atoms with Gasteiger partial charge in [0.15, 0.2) is 0 Å². The average molecular weight is 251 g/mol. The van der Waals surface area contributed by atoms with E-state index < -0.39 is 0 Å². The summed E-state index contributed by atoms with van der Waals surface area (Å²) in [5.74, 6) is 0.592. The highest BCUT2D eigenvalue weighted by Crippen LogP contribution is 2.18. The number of nitrogens with zero attached hydrogens (tertiary/aromatic N) is 1. The van der Waals surface area contributed by atoms with E-state index in [1.807, 2.05) is 18.4 Å². The maximum Gasteiger partial charge on any atom is 0.268 e. The Morgan fingerprint density at radius 3 is 3.12 bits per heavy atom. The number of hydrogen-bond donors (Lipinski definition) is 2. The van der Waals surface area contributed by atoms with Gasteiger partial charge in [0.2, 0.25) is 0 Å². The van der Waals surface area contributed by atoms with E-state index in [-0.39, 0.29) is 11.2 Å². The van der Waals surface area contributed by atoms with Gasteiger partial charge in [-0.25, -0.2) is 4.98 Å². The zero-order chi connectivity index (χ0) is 11.9. The highest BCUT2D eigenvalue weighted by molar-refractivity contribution is 7.17. The van der Waals surface area contributed by atoms with Crippen LogP contribution in [0, 0.1) is 0 Å². The molecule has 17 heavy (non-hydrogen) atoms. The van der Waals surface area contributed by atoms with Crippen molar-refractivity contribution in [1.82, 2.24) is 15.3 Å². The van der Waals surface area contributed by atoms with Crippen molar-refractivity contribution >= 4 is 21.6 Å². The number of nitrogens with one attached hydrogen (secondary N) is 2. The Bertz CT molecular complexity index is 600. The van der Waals surface area contributed by atoms with Crippen LogP contribution in [0.25, 0.3) is 10.2 Å². The van der Waals surface area contributed by atoms with Gasteiger partial charge in [-0.15, -0.1) is 11.3 Å². The summed E-state index contributed by atoms with van der Waals surface area (Å²) in [7, 11) is 0. The van der Waals surface area contributed by atoms with E-state index in [0.717, 1.165) is 18.6 Å². The minimum Gasteiger partial charge on any atom is -0.365 e. The third-order valence-corrected chi connectivity index (χ3v) is 3.82. The second kappa shape index (κ2) is 3.90. The summed E-state index contributed by atoms with van der Waals surface area (Å²) in [6.45, 7) is 4.08. The number of ether oxygens (including phenoxy) is 1.